The van der Waals surface area contributed by atoms with Crippen molar-refractivity contribution in [2.75, 3.05) is 26.8 Å². The van der Waals surface area contributed by atoms with Gasteiger partial charge in [0.15, 0.2) is 0 Å². The number of amides is 2. The normalized spacial score (nSPS) is 21.6. The third kappa shape index (κ3) is 3.71. The Morgan fingerprint density at radius 1 is 1.55 bits per heavy atom. The molecule has 20 heavy (non-hydrogen) atoms. The number of nitrogens with zero attached hydrogens (tertiary/aromatic N) is 1. The standard InChI is InChI=1S/C13H18N2O4S/c1-15(5-4-9-3-2-6-20-9)13(18)14-11-8-19-7-10(11)12(16)17/h2-3,6,10-11H,4-5,7-8H2,1H3,(H,14,18)(H,16,17). The zero-order valence-electron chi connectivity index (χ0n) is 11.2. The van der Waals surface area contributed by atoms with Crippen LogP contribution in [0.4, 0.5) is 4.79 Å². The van der Waals surface area contributed by atoms with Crippen LogP contribution in [0.5, 0.6) is 0 Å². The number of urea groups is 1. The molecule has 1 aromatic heterocycles. The lowest BCUT2D eigenvalue weighted by molar-refractivity contribution is -0.142. The smallest absolute Gasteiger partial charge is 0.317 e. The number of carbonyl (C=O) groups excluding carboxylic acids is 1. The Kier molecular flexibility index (Phi) is 4.97. The number of carboxylic acid groups (broad SMARTS) is 1. The van der Waals surface area contributed by atoms with Gasteiger partial charge in [-0.15, -0.1) is 11.3 Å². The Morgan fingerprint density at radius 2 is 2.35 bits per heavy atom. The van der Waals surface area contributed by atoms with Gasteiger partial charge < -0.3 is 20.1 Å². The molecule has 2 atom stereocenters. The SMILES string of the molecule is CN(CCc1cccs1)C(=O)NC1COCC1C(=O)O. The monoisotopic (exact) mass is 298 g/mol. The van der Waals surface area contributed by atoms with E-state index in [-0.39, 0.29) is 19.2 Å². The number of hydrogen-bond donors (Lipinski definition) is 2. The second kappa shape index (κ2) is 6.71. The summed E-state index contributed by atoms with van der Waals surface area (Å²) in [6.45, 7) is 0.998. The van der Waals surface area contributed by atoms with Crippen molar-refractivity contribution in [3.05, 3.63) is 22.4 Å². The van der Waals surface area contributed by atoms with Crippen molar-refractivity contribution < 1.29 is 19.4 Å². The van der Waals surface area contributed by atoms with Crippen LogP contribution in [0.3, 0.4) is 0 Å². The Balaban J connectivity index is 1.80. The first-order chi connectivity index (χ1) is 9.58. The van der Waals surface area contributed by atoms with E-state index in [1.165, 1.54) is 4.88 Å². The number of likely N-dealkylation sites (N-methyl/N-ethyl adjacent to an activating group) is 1. The first kappa shape index (κ1) is 14.8. The van der Waals surface area contributed by atoms with Crippen molar-refractivity contribution in [2.45, 2.75) is 12.5 Å². The van der Waals surface area contributed by atoms with E-state index in [2.05, 4.69) is 5.32 Å². The van der Waals surface area contributed by atoms with E-state index in [1.54, 1.807) is 23.3 Å². The van der Waals surface area contributed by atoms with Crippen LogP contribution in [0, 0.1) is 5.92 Å². The number of aliphatic carboxylic acids is 1. The number of carbonyl (C=O) groups is 2. The van der Waals surface area contributed by atoms with Crippen molar-refractivity contribution in [2.24, 2.45) is 5.92 Å². The van der Waals surface area contributed by atoms with Crippen molar-refractivity contribution in [3.63, 3.8) is 0 Å². The minimum absolute atomic E-state index is 0.152. The molecule has 2 N–H and O–H groups in total. The van der Waals surface area contributed by atoms with E-state index >= 15 is 0 Å². The maximum atomic E-state index is 12.0. The number of thiophene rings is 1. The Bertz CT molecular complexity index is 463. The van der Waals surface area contributed by atoms with Gasteiger partial charge in [-0.25, -0.2) is 4.79 Å². The largest absolute Gasteiger partial charge is 0.481 e. The molecule has 0 spiro atoms. The Hall–Kier alpha value is -1.60. The van der Waals surface area contributed by atoms with Crippen molar-refractivity contribution in [3.8, 4) is 0 Å². The molecule has 110 valence electrons. The quantitative estimate of drug-likeness (QED) is 0.851. The van der Waals surface area contributed by atoms with Crippen LogP contribution in [0.25, 0.3) is 0 Å². The average molecular weight is 298 g/mol. The summed E-state index contributed by atoms with van der Waals surface area (Å²) in [5.41, 5.74) is 0. The first-order valence-electron chi connectivity index (χ1n) is 6.42. The molecule has 0 bridgehead atoms. The van der Waals surface area contributed by atoms with Gasteiger partial charge >= 0.3 is 12.0 Å². The van der Waals surface area contributed by atoms with Gasteiger partial charge in [0.25, 0.3) is 0 Å². The summed E-state index contributed by atoms with van der Waals surface area (Å²) in [4.78, 5) is 25.8. The Morgan fingerprint density at radius 3 is 3.00 bits per heavy atom. The summed E-state index contributed by atoms with van der Waals surface area (Å²) in [5.74, 6) is -1.60. The molecule has 1 aromatic rings. The lowest BCUT2D eigenvalue weighted by atomic mass is 10.0. The minimum Gasteiger partial charge on any atom is -0.481 e. The highest BCUT2D eigenvalue weighted by molar-refractivity contribution is 7.09. The van der Waals surface area contributed by atoms with Crippen LogP contribution in [0.15, 0.2) is 17.5 Å². The van der Waals surface area contributed by atoms with Gasteiger partial charge in [-0.1, -0.05) is 6.07 Å². The minimum atomic E-state index is -0.936. The molecule has 2 amide bonds. The summed E-state index contributed by atoms with van der Waals surface area (Å²) in [6, 6.07) is 3.29. The second-order valence-electron chi connectivity index (χ2n) is 4.79. The molecule has 1 aliphatic heterocycles. The van der Waals surface area contributed by atoms with E-state index in [0.29, 0.717) is 6.54 Å². The van der Waals surface area contributed by atoms with Crippen molar-refractivity contribution in [1.29, 1.82) is 0 Å². The van der Waals surface area contributed by atoms with Gasteiger partial charge in [-0.2, -0.15) is 0 Å². The van der Waals surface area contributed by atoms with Gasteiger partial charge in [0.1, 0.15) is 5.92 Å². The molecule has 0 aliphatic carbocycles. The lowest BCUT2D eigenvalue weighted by Crippen LogP contribution is -2.48. The molecule has 7 heteroatoms. The fourth-order valence-electron chi connectivity index (χ4n) is 2.04. The highest BCUT2D eigenvalue weighted by atomic mass is 32.1. The van der Waals surface area contributed by atoms with Crippen LogP contribution in [-0.4, -0.2) is 54.9 Å². The molecular formula is C13H18N2O4S. The van der Waals surface area contributed by atoms with Gasteiger partial charge in [-0.05, 0) is 17.9 Å². The molecule has 0 radical (unpaired) electrons. The lowest BCUT2D eigenvalue weighted by Gasteiger charge is -2.22. The summed E-state index contributed by atoms with van der Waals surface area (Å²) >= 11 is 1.66. The maximum absolute atomic E-state index is 12.0. The summed E-state index contributed by atoms with van der Waals surface area (Å²) in [6.07, 6.45) is 0.797. The predicted molar refractivity (Wildman–Crippen MR) is 74.9 cm³/mol. The van der Waals surface area contributed by atoms with E-state index in [9.17, 15) is 9.59 Å². The van der Waals surface area contributed by atoms with Crippen LogP contribution >= 0.6 is 11.3 Å². The van der Waals surface area contributed by atoms with E-state index in [1.807, 2.05) is 17.5 Å². The number of hydrogen-bond acceptors (Lipinski definition) is 4. The maximum Gasteiger partial charge on any atom is 0.317 e. The molecule has 2 heterocycles. The third-order valence-corrected chi connectivity index (χ3v) is 4.26. The summed E-state index contributed by atoms with van der Waals surface area (Å²) < 4.78 is 5.12. The van der Waals surface area contributed by atoms with Crippen LogP contribution < -0.4 is 5.32 Å². The molecule has 2 unspecified atom stereocenters. The second-order valence-corrected chi connectivity index (χ2v) is 5.82. The number of carboxylic acids is 1. The molecule has 1 saturated heterocycles. The molecule has 0 aromatic carbocycles. The number of rotatable bonds is 5. The van der Waals surface area contributed by atoms with Gasteiger partial charge in [0, 0.05) is 18.5 Å². The molecule has 1 aliphatic rings. The number of ether oxygens (including phenoxy) is 1. The topological polar surface area (TPSA) is 78.9 Å². The van der Waals surface area contributed by atoms with Crippen LogP contribution in [-0.2, 0) is 16.0 Å². The molecule has 0 saturated carbocycles. The van der Waals surface area contributed by atoms with Crippen LogP contribution in [0.1, 0.15) is 4.88 Å². The first-order valence-corrected chi connectivity index (χ1v) is 7.30. The van der Waals surface area contributed by atoms with Gasteiger partial charge in [-0.3, -0.25) is 4.79 Å². The van der Waals surface area contributed by atoms with Crippen LogP contribution in [0.2, 0.25) is 0 Å². The average Bonchev–Trinajstić information content (AvgIpc) is 3.06. The highest BCUT2D eigenvalue weighted by Crippen LogP contribution is 2.14. The third-order valence-electron chi connectivity index (χ3n) is 3.33. The van der Waals surface area contributed by atoms with E-state index in [4.69, 9.17) is 9.84 Å². The molecular weight excluding hydrogens is 280 g/mol. The summed E-state index contributed by atoms with van der Waals surface area (Å²) in [5, 5.41) is 13.7. The van der Waals surface area contributed by atoms with Crippen molar-refractivity contribution >= 4 is 23.3 Å². The van der Waals surface area contributed by atoms with E-state index in [0.717, 1.165) is 6.42 Å². The zero-order valence-corrected chi connectivity index (χ0v) is 12.1. The Labute approximate surface area is 121 Å². The van der Waals surface area contributed by atoms with Gasteiger partial charge in [0.05, 0.1) is 19.3 Å². The van der Waals surface area contributed by atoms with Crippen molar-refractivity contribution in [1.82, 2.24) is 10.2 Å². The fourth-order valence-corrected chi connectivity index (χ4v) is 2.74. The van der Waals surface area contributed by atoms with Gasteiger partial charge in [0.2, 0.25) is 0 Å². The number of nitrogens with one attached hydrogen (secondary N) is 1. The fraction of sp³-hybridized carbons (Fsp3) is 0.538. The van der Waals surface area contributed by atoms with E-state index < -0.39 is 17.9 Å². The highest BCUT2D eigenvalue weighted by Gasteiger charge is 2.35. The predicted octanol–water partition coefficient (Wildman–Crippen LogP) is 1.03. The summed E-state index contributed by atoms with van der Waals surface area (Å²) in [7, 11) is 1.70. The zero-order chi connectivity index (χ0) is 14.5. The molecule has 6 nitrogen and oxygen atoms in total. The molecule has 2 rings (SSSR count). The molecule has 1 fully saturated rings.